The Labute approximate surface area is 164 Å². The molecular weight excluding hydrogens is 378 g/mol. The Morgan fingerprint density at radius 1 is 1.14 bits per heavy atom. The fraction of sp³-hybridized carbons (Fsp3) is 0.200. The van der Waals surface area contributed by atoms with Crippen LogP contribution in [0.15, 0.2) is 66.1 Å². The van der Waals surface area contributed by atoms with Crippen molar-refractivity contribution in [2.24, 2.45) is 0 Å². The second-order valence-electron chi connectivity index (χ2n) is 6.29. The summed E-state index contributed by atoms with van der Waals surface area (Å²) < 4.78 is 26.6. The van der Waals surface area contributed by atoms with Crippen LogP contribution in [0, 0.1) is 0 Å². The van der Waals surface area contributed by atoms with Gasteiger partial charge in [0.05, 0.1) is 16.3 Å². The van der Waals surface area contributed by atoms with Gasteiger partial charge in [-0.15, -0.1) is 6.58 Å². The zero-order chi connectivity index (χ0) is 20.1. The maximum absolute atomic E-state index is 12.6. The topological polar surface area (TPSA) is 95.6 Å². The van der Waals surface area contributed by atoms with Crippen LogP contribution in [-0.2, 0) is 14.8 Å². The van der Waals surface area contributed by atoms with Crippen molar-refractivity contribution in [3.8, 4) is 0 Å². The van der Waals surface area contributed by atoms with Crippen molar-refractivity contribution < 1.29 is 18.0 Å². The van der Waals surface area contributed by atoms with Gasteiger partial charge in [-0.3, -0.25) is 9.59 Å². The van der Waals surface area contributed by atoms with E-state index in [1.807, 2.05) is 6.07 Å². The number of carbonyl (C=O) groups excluding carboxylic acids is 2. The summed E-state index contributed by atoms with van der Waals surface area (Å²) in [5.74, 6) is -0.356. The number of nitrogens with zero attached hydrogens (tertiary/aromatic N) is 1. The molecule has 2 N–H and O–H groups in total. The van der Waals surface area contributed by atoms with Gasteiger partial charge in [-0.05, 0) is 42.8 Å². The predicted molar refractivity (Wildman–Crippen MR) is 108 cm³/mol. The summed E-state index contributed by atoms with van der Waals surface area (Å²) in [6, 6.07) is 12.7. The lowest BCUT2D eigenvalue weighted by atomic mass is 10.2. The number of para-hydroxylation sites is 2. The van der Waals surface area contributed by atoms with Crippen LogP contribution in [0.1, 0.15) is 23.2 Å². The minimum atomic E-state index is -3.64. The molecule has 1 fully saturated rings. The molecule has 2 aromatic carbocycles. The van der Waals surface area contributed by atoms with E-state index >= 15 is 0 Å². The van der Waals surface area contributed by atoms with E-state index in [1.165, 1.54) is 30.3 Å². The van der Waals surface area contributed by atoms with Gasteiger partial charge in [0, 0.05) is 25.1 Å². The number of anilines is 2. The second kappa shape index (κ2) is 8.37. The minimum absolute atomic E-state index is 0.0308. The van der Waals surface area contributed by atoms with Crippen molar-refractivity contribution in [3.05, 3.63) is 66.7 Å². The Hall–Kier alpha value is -2.97. The van der Waals surface area contributed by atoms with E-state index in [0.29, 0.717) is 29.9 Å². The number of rotatable bonds is 7. The number of sulfonamides is 1. The lowest BCUT2D eigenvalue weighted by molar-refractivity contribution is -0.117. The molecule has 0 bridgehead atoms. The van der Waals surface area contributed by atoms with Crippen molar-refractivity contribution in [2.75, 3.05) is 23.3 Å². The molecule has 28 heavy (non-hydrogen) atoms. The Kier molecular flexibility index (Phi) is 5.91. The van der Waals surface area contributed by atoms with Gasteiger partial charge in [0.15, 0.2) is 0 Å². The first kappa shape index (κ1) is 19.8. The van der Waals surface area contributed by atoms with Crippen molar-refractivity contribution in [3.63, 3.8) is 0 Å². The van der Waals surface area contributed by atoms with Crippen LogP contribution in [-0.4, -0.2) is 33.3 Å². The Bertz CT molecular complexity index is 1000. The molecule has 146 valence electrons. The van der Waals surface area contributed by atoms with Gasteiger partial charge in [-0.2, -0.15) is 0 Å². The highest BCUT2D eigenvalue weighted by Crippen LogP contribution is 2.29. The van der Waals surface area contributed by atoms with Gasteiger partial charge in [0.25, 0.3) is 5.91 Å². The number of hydrogen-bond donors (Lipinski definition) is 2. The van der Waals surface area contributed by atoms with Gasteiger partial charge in [0.2, 0.25) is 15.9 Å². The molecule has 1 saturated heterocycles. The van der Waals surface area contributed by atoms with Crippen LogP contribution in [0.5, 0.6) is 0 Å². The Morgan fingerprint density at radius 2 is 1.86 bits per heavy atom. The van der Waals surface area contributed by atoms with E-state index in [0.717, 1.165) is 6.42 Å². The van der Waals surface area contributed by atoms with Crippen molar-refractivity contribution in [1.29, 1.82) is 0 Å². The summed E-state index contributed by atoms with van der Waals surface area (Å²) in [5.41, 5.74) is 1.50. The first-order chi connectivity index (χ1) is 13.4. The largest absolute Gasteiger partial charge is 0.320 e. The summed E-state index contributed by atoms with van der Waals surface area (Å²) in [6.45, 7) is 4.21. The van der Waals surface area contributed by atoms with Crippen LogP contribution < -0.4 is 14.9 Å². The van der Waals surface area contributed by atoms with E-state index in [9.17, 15) is 18.0 Å². The molecule has 0 radical (unpaired) electrons. The number of carbonyl (C=O) groups is 2. The van der Waals surface area contributed by atoms with Crippen LogP contribution in [0.25, 0.3) is 0 Å². The number of nitrogens with one attached hydrogen (secondary N) is 2. The van der Waals surface area contributed by atoms with Crippen LogP contribution in [0.2, 0.25) is 0 Å². The molecule has 0 aromatic heterocycles. The quantitative estimate of drug-likeness (QED) is 0.700. The van der Waals surface area contributed by atoms with Crippen LogP contribution >= 0.6 is 0 Å². The van der Waals surface area contributed by atoms with E-state index in [2.05, 4.69) is 16.6 Å². The van der Waals surface area contributed by atoms with Gasteiger partial charge < -0.3 is 10.2 Å². The molecule has 1 aliphatic heterocycles. The van der Waals surface area contributed by atoms with E-state index in [1.54, 1.807) is 23.1 Å². The summed E-state index contributed by atoms with van der Waals surface area (Å²) in [7, 11) is -3.64. The molecule has 7 nitrogen and oxygen atoms in total. The fourth-order valence-corrected chi connectivity index (χ4v) is 3.95. The van der Waals surface area contributed by atoms with Gasteiger partial charge in [-0.25, -0.2) is 13.1 Å². The average Bonchev–Trinajstić information content (AvgIpc) is 3.12. The molecule has 2 amide bonds. The summed E-state index contributed by atoms with van der Waals surface area (Å²) in [6.07, 6.45) is 2.73. The summed E-state index contributed by atoms with van der Waals surface area (Å²) in [5, 5.41) is 2.81. The lowest BCUT2D eigenvalue weighted by Gasteiger charge is -2.20. The first-order valence-corrected chi connectivity index (χ1v) is 10.3. The first-order valence-electron chi connectivity index (χ1n) is 8.84. The molecule has 0 unspecified atom stereocenters. The van der Waals surface area contributed by atoms with E-state index in [4.69, 9.17) is 0 Å². The molecule has 0 atom stereocenters. The van der Waals surface area contributed by atoms with Gasteiger partial charge in [-0.1, -0.05) is 18.2 Å². The van der Waals surface area contributed by atoms with Gasteiger partial charge in [0.1, 0.15) is 0 Å². The molecule has 3 rings (SSSR count). The monoisotopic (exact) mass is 399 g/mol. The van der Waals surface area contributed by atoms with E-state index < -0.39 is 10.0 Å². The van der Waals surface area contributed by atoms with Crippen molar-refractivity contribution >= 4 is 33.2 Å². The maximum atomic E-state index is 12.6. The highest BCUT2D eigenvalue weighted by atomic mass is 32.2. The zero-order valence-corrected chi connectivity index (χ0v) is 16.0. The molecule has 0 saturated carbocycles. The normalized spacial score (nSPS) is 14.1. The summed E-state index contributed by atoms with van der Waals surface area (Å²) in [4.78, 5) is 26.4. The number of hydrogen-bond acceptors (Lipinski definition) is 4. The third kappa shape index (κ3) is 4.29. The highest BCUT2D eigenvalue weighted by molar-refractivity contribution is 7.89. The molecule has 1 aliphatic rings. The molecule has 1 heterocycles. The highest BCUT2D eigenvalue weighted by Gasteiger charge is 2.24. The average molecular weight is 399 g/mol. The molecule has 0 aliphatic carbocycles. The smallest absolute Gasteiger partial charge is 0.255 e. The third-order valence-electron chi connectivity index (χ3n) is 4.36. The second-order valence-corrected chi connectivity index (χ2v) is 8.05. The molecule has 8 heteroatoms. The Balaban J connectivity index is 1.77. The minimum Gasteiger partial charge on any atom is -0.320 e. The molecule has 0 spiro atoms. The predicted octanol–water partition coefficient (Wildman–Crippen LogP) is 2.53. The van der Waals surface area contributed by atoms with Crippen LogP contribution in [0.3, 0.4) is 0 Å². The number of amides is 2. The van der Waals surface area contributed by atoms with Crippen molar-refractivity contribution in [2.45, 2.75) is 17.7 Å². The standard InChI is InChI=1S/C20H21N3O4S/c1-2-13-21-28(26,27)16-11-9-15(10-12-16)20(25)22-17-6-3-4-7-18(17)23-14-5-8-19(23)24/h2-4,6-7,9-12,21H,1,5,8,13-14H2,(H,22,25). The maximum Gasteiger partial charge on any atom is 0.255 e. The lowest BCUT2D eigenvalue weighted by Crippen LogP contribution is -2.25. The van der Waals surface area contributed by atoms with E-state index in [-0.39, 0.29) is 23.3 Å². The fourth-order valence-electron chi connectivity index (χ4n) is 2.95. The zero-order valence-electron chi connectivity index (χ0n) is 15.2. The molecular formula is C20H21N3O4S. The third-order valence-corrected chi connectivity index (χ3v) is 5.80. The van der Waals surface area contributed by atoms with Gasteiger partial charge >= 0.3 is 0 Å². The SMILES string of the molecule is C=CCNS(=O)(=O)c1ccc(C(=O)Nc2ccccc2N2CCCC2=O)cc1. The van der Waals surface area contributed by atoms with Crippen molar-refractivity contribution in [1.82, 2.24) is 4.72 Å². The van der Waals surface area contributed by atoms with Crippen LogP contribution in [0.4, 0.5) is 11.4 Å². The number of benzene rings is 2. The molecule has 2 aromatic rings. The Morgan fingerprint density at radius 3 is 2.50 bits per heavy atom. The summed E-state index contributed by atoms with van der Waals surface area (Å²) >= 11 is 0.